The smallest absolute Gasteiger partial charge is 0.240 e. The van der Waals surface area contributed by atoms with Gasteiger partial charge in [0.1, 0.15) is 12.1 Å². The van der Waals surface area contributed by atoms with E-state index < -0.39 is 0 Å². The van der Waals surface area contributed by atoms with Crippen LogP contribution in [0.15, 0.2) is 53.9 Å². The van der Waals surface area contributed by atoms with Crippen molar-refractivity contribution in [2.75, 3.05) is 5.32 Å². The lowest BCUT2D eigenvalue weighted by Crippen LogP contribution is -2.31. The summed E-state index contributed by atoms with van der Waals surface area (Å²) in [6.07, 6.45) is 1.95. The number of fused-ring (bicyclic) bond motifs is 1. The molecule has 0 saturated carbocycles. The minimum absolute atomic E-state index is 0.0580. The van der Waals surface area contributed by atoms with E-state index in [1.165, 1.54) is 6.33 Å². The van der Waals surface area contributed by atoms with E-state index in [0.29, 0.717) is 17.3 Å². The van der Waals surface area contributed by atoms with Crippen molar-refractivity contribution in [1.82, 2.24) is 15.4 Å². The van der Waals surface area contributed by atoms with Crippen LogP contribution in [0.5, 0.6) is 0 Å². The lowest BCUT2D eigenvalue weighted by molar-refractivity contribution is -0.121. The predicted molar refractivity (Wildman–Crippen MR) is 103 cm³/mol. The fourth-order valence-corrected chi connectivity index (χ4v) is 3.21. The van der Waals surface area contributed by atoms with Gasteiger partial charge in [-0.25, -0.2) is 15.4 Å². The molecule has 2 N–H and O–H groups in total. The molecule has 4 rings (SSSR count). The Morgan fingerprint density at radius 3 is 2.88 bits per heavy atom. The van der Waals surface area contributed by atoms with Gasteiger partial charge in [-0.1, -0.05) is 30.7 Å². The van der Waals surface area contributed by atoms with Crippen LogP contribution in [0.4, 0.5) is 11.5 Å². The molecule has 0 spiro atoms. The minimum Gasteiger partial charge on any atom is -0.340 e. The number of hydrogen-bond donors (Lipinski definition) is 2. The molecular weight excluding hydrogens is 350 g/mol. The number of hydrazone groups is 1. The minimum atomic E-state index is -0.0580. The van der Waals surface area contributed by atoms with Crippen molar-refractivity contribution in [2.24, 2.45) is 11.0 Å². The van der Waals surface area contributed by atoms with Gasteiger partial charge in [0.05, 0.1) is 11.2 Å². The Kier molecular flexibility index (Phi) is 4.26. The summed E-state index contributed by atoms with van der Waals surface area (Å²) in [7, 11) is 0. The Labute approximate surface area is 155 Å². The molecule has 1 atom stereocenters. The molecule has 0 radical (unpaired) electrons. The number of nitrogens with zero attached hydrogens (tertiary/aromatic N) is 3. The second kappa shape index (κ2) is 6.72. The highest BCUT2D eigenvalue weighted by atomic mass is 35.5. The van der Waals surface area contributed by atoms with Gasteiger partial charge in [0.25, 0.3) is 0 Å². The number of anilines is 2. The summed E-state index contributed by atoms with van der Waals surface area (Å²) >= 11 is 6.04. The molecule has 0 fully saturated rings. The Morgan fingerprint density at radius 2 is 2.08 bits per heavy atom. The second-order valence-corrected chi connectivity index (χ2v) is 6.66. The first kappa shape index (κ1) is 16.5. The predicted octanol–water partition coefficient (Wildman–Crippen LogP) is 3.89. The van der Waals surface area contributed by atoms with Gasteiger partial charge in [-0.2, -0.15) is 5.10 Å². The van der Waals surface area contributed by atoms with E-state index in [1.54, 1.807) is 0 Å². The number of aromatic nitrogens is 2. The van der Waals surface area contributed by atoms with Crippen LogP contribution in [-0.2, 0) is 4.79 Å². The van der Waals surface area contributed by atoms with Crippen molar-refractivity contribution in [3.63, 3.8) is 0 Å². The highest BCUT2D eigenvalue weighted by molar-refractivity contribution is 6.30. The Bertz CT molecular complexity index is 1030. The van der Waals surface area contributed by atoms with Crippen LogP contribution in [0.25, 0.3) is 10.9 Å². The second-order valence-electron chi connectivity index (χ2n) is 6.23. The number of amides is 1. The largest absolute Gasteiger partial charge is 0.340 e. The third-order valence-electron chi connectivity index (χ3n) is 4.28. The van der Waals surface area contributed by atoms with Crippen molar-refractivity contribution in [2.45, 2.75) is 13.3 Å². The van der Waals surface area contributed by atoms with Gasteiger partial charge in [0.15, 0.2) is 0 Å². The molecule has 26 heavy (non-hydrogen) atoms. The number of carbonyl (C=O) groups is 1. The number of benzene rings is 2. The molecule has 0 aliphatic carbocycles. The van der Waals surface area contributed by atoms with Gasteiger partial charge in [-0.15, -0.1) is 0 Å². The standard InChI is InChI=1S/C19H16ClN5O/c1-11-7-17(26)24-25-18(11)12-5-6-15-16(8-12)21-10-22-19(15)23-14-4-2-3-13(20)9-14/h2-6,8-11H,7H2,1H3,(H,24,26)(H,21,22,23). The molecule has 6 nitrogen and oxygen atoms in total. The van der Waals surface area contributed by atoms with Crippen LogP contribution in [0.3, 0.4) is 0 Å². The molecule has 2 heterocycles. The quantitative estimate of drug-likeness (QED) is 0.738. The van der Waals surface area contributed by atoms with E-state index >= 15 is 0 Å². The highest BCUT2D eigenvalue weighted by Crippen LogP contribution is 2.26. The summed E-state index contributed by atoms with van der Waals surface area (Å²) in [5, 5.41) is 9.04. The average molecular weight is 366 g/mol. The lowest BCUT2D eigenvalue weighted by atomic mass is 9.93. The number of nitrogens with one attached hydrogen (secondary N) is 2. The monoisotopic (exact) mass is 365 g/mol. The maximum absolute atomic E-state index is 11.4. The first-order chi connectivity index (χ1) is 12.6. The normalized spacial score (nSPS) is 16.9. The fraction of sp³-hybridized carbons (Fsp3) is 0.158. The van der Waals surface area contributed by atoms with E-state index in [2.05, 4.69) is 25.8 Å². The zero-order chi connectivity index (χ0) is 18.1. The zero-order valence-electron chi connectivity index (χ0n) is 14.0. The number of rotatable bonds is 3. The summed E-state index contributed by atoms with van der Waals surface area (Å²) in [6, 6.07) is 13.4. The van der Waals surface area contributed by atoms with Crippen molar-refractivity contribution in [3.05, 3.63) is 59.4 Å². The fourth-order valence-electron chi connectivity index (χ4n) is 3.02. The molecule has 3 aromatic rings. The third-order valence-corrected chi connectivity index (χ3v) is 4.51. The summed E-state index contributed by atoms with van der Waals surface area (Å²) in [5.41, 5.74) is 6.00. The summed E-state index contributed by atoms with van der Waals surface area (Å²) in [4.78, 5) is 20.2. The highest BCUT2D eigenvalue weighted by Gasteiger charge is 2.22. The number of carbonyl (C=O) groups excluding carboxylic acids is 1. The third kappa shape index (κ3) is 3.23. The molecule has 1 aromatic heterocycles. The van der Waals surface area contributed by atoms with Gasteiger partial charge in [0, 0.05) is 34.0 Å². The van der Waals surface area contributed by atoms with Crippen molar-refractivity contribution >= 4 is 45.6 Å². The summed E-state index contributed by atoms with van der Waals surface area (Å²) < 4.78 is 0. The SMILES string of the molecule is CC1CC(=O)NN=C1c1ccc2c(Nc3cccc(Cl)c3)ncnc2c1. The summed E-state index contributed by atoms with van der Waals surface area (Å²) in [6.45, 7) is 1.99. The average Bonchev–Trinajstić information content (AvgIpc) is 2.61. The molecule has 1 amide bonds. The number of hydrogen-bond acceptors (Lipinski definition) is 5. The van der Waals surface area contributed by atoms with E-state index in [4.69, 9.17) is 11.6 Å². The van der Waals surface area contributed by atoms with E-state index in [-0.39, 0.29) is 11.8 Å². The van der Waals surface area contributed by atoms with Crippen LogP contribution in [0.1, 0.15) is 18.9 Å². The first-order valence-electron chi connectivity index (χ1n) is 8.24. The van der Waals surface area contributed by atoms with Gasteiger partial charge in [-0.05, 0) is 30.3 Å². The maximum atomic E-state index is 11.4. The van der Waals surface area contributed by atoms with Gasteiger partial charge in [-0.3, -0.25) is 4.79 Å². The van der Waals surface area contributed by atoms with Crippen molar-refractivity contribution in [3.8, 4) is 0 Å². The molecule has 1 aliphatic heterocycles. The zero-order valence-corrected chi connectivity index (χ0v) is 14.8. The molecule has 0 bridgehead atoms. The molecule has 7 heteroatoms. The van der Waals surface area contributed by atoms with Crippen LogP contribution in [0, 0.1) is 5.92 Å². The number of halogens is 1. The van der Waals surface area contributed by atoms with Crippen LogP contribution < -0.4 is 10.7 Å². The lowest BCUT2D eigenvalue weighted by Gasteiger charge is -2.19. The maximum Gasteiger partial charge on any atom is 0.240 e. The Hall–Kier alpha value is -2.99. The Balaban J connectivity index is 1.71. The Morgan fingerprint density at radius 1 is 1.19 bits per heavy atom. The van der Waals surface area contributed by atoms with Gasteiger partial charge >= 0.3 is 0 Å². The molecule has 130 valence electrons. The van der Waals surface area contributed by atoms with Crippen LogP contribution >= 0.6 is 11.6 Å². The molecule has 1 unspecified atom stereocenters. The van der Waals surface area contributed by atoms with Gasteiger partial charge < -0.3 is 5.32 Å². The van der Waals surface area contributed by atoms with E-state index in [9.17, 15) is 4.79 Å². The molecular formula is C19H16ClN5O. The molecule has 1 aliphatic rings. The summed E-state index contributed by atoms with van der Waals surface area (Å²) in [5.74, 6) is 0.709. The van der Waals surface area contributed by atoms with Crippen molar-refractivity contribution in [1.29, 1.82) is 0 Å². The molecule has 2 aromatic carbocycles. The van der Waals surface area contributed by atoms with Crippen LogP contribution in [0.2, 0.25) is 5.02 Å². The topological polar surface area (TPSA) is 79.3 Å². The first-order valence-corrected chi connectivity index (χ1v) is 8.62. The van der Waals surface area contributed by atoms with Crippen molar-refractivity contribution < 1.29 is 4.79 Å². The van der Waals surface area contributed by atoms with E-state index in [0.717, 1.165) is 27.9 Å². The van der Waals surface area contributed by atoms with Gasteiger partial charge in [0.2, 0.25) is 5.91 Å². The van der Waals surface area contributed by atoms with E-state index in [1.807, 2.05) is 49.4 Å². The van der Waals surface area contributed by atoms with Crippen LogP contribution in [-0.4, -0.2) is 21.6 Å². The molecule has 0 saturated heterocycles.